The smallest absolute Gasteiger partial charge is 0.242 e. The summed E-state index contributed by atoms with van der Waals surface area (Å²) in [6.45, 7) is 2.28. The fourth-order valence-electron chi connectivity index (χ4n) is 4.07. The molecule has 0 saturated carbocycles. The van der Waals surface area contributed by atoms with Gasteiger partial charge in [0.2, 0.25) is 15.9 Å². The maximum Gasteiger partial charge on any atom is 0.242 e. The molecule has 0 aliphatic heterocycles. The van der Waals surface area contributed by atoms with Gasteiger partial charge in [0.15, 0.2) is 10.8 Å². The number of hydrogen-bond acceptors (Lipinski definition) is 8. The van der Waals surface area contributed by atoms with E-state index in [0.29, 0.717) is 16.8 Å². The van der Waals surface area contributed by atoms with Gasteiger partial charge in [-0.3, -0.25) is 9.20 Å². The average Bonchev–Trinajstić information content (AvgIpc) is 3.38. The molecule has 0 radical (unpaired) electrons. The number of amides is 1. The number of fused-ring (bicyclic) bond motifs is 5. The zero-order valence-electron chi connectivity index (χ0n) is 19.0. The van der Waals surface area contributed by atoms with Crippen LogP contribution >= 0.6 is 23.1 Å². The highest BCUT2D eigenvalue weighted by Crippen LogP contribution is 2.39. The molecule has 1 aliphatic rings. The van der Waals surface area contributed by atoms with Crippen molar-refractivity contribution in [2.45, 2.75) is 36.2 Å². The van der Waals surface area contributed by atoms with Gasteiger partial charge in [0.25, 0.3) is 0 Å². The number of hydrogen-bond donors (Lipinski definition) is 1. The van der Waals surface area contributed by atoms with Crippen molar-refractivity contribution >= 4 is 60.6 Å². The van der Waals surface area contributed by atoms with E-state index < -0.39 is 10.0 Å². The number of rotatable bonds is 6. The molecule has 1 atom stereocenters. The lowest BCUT2D eigenvalue weighted by molar-refractivity contribution is -0.113. The number of thioether (sulfide) groups is 1. The van der Waals surface area contributed by atoms with Crippen molar-refractivity contribution in [2.24, 2.45) is 5.92 Å². The number of nitrogens with one attached hydrogen (secondary N) is 1. The summed E-state index contributed by atoms with van der Waals surface area (Å²) in [6, 6.07) is 6.10. The fourth-order valence-corrected chi connectivity index (χ4v) is 7.02. The first-order valence-corrected chi connectivity index (χ1v) is 14.1. The third-order valence-corrected chi connectivity index (χ3v) is 9.86. The van der Waals surface area contributed by atoms with Crippen LogP contribution in [-0.4, -0.2) is 58.1 Å². The lowest BCUT2D eigenvalue weighted by Gasteiger charge is -2.17. The van der Waals surface area contributed by atoms with Gasteiger partial charge in [-0.2, -0.15) is 0 Å². The summed E-state index contributed by atoms with van der Waals surface area (Å²) < 4.78 is 27.4. The molecule has 1 aliphatic carbocycles. The molecule has 9 nitrogen and oxygen atoms in total. The van der Waals surface area contributed by atoms with Crippen molar-refractivity contribution in [3.63, 3.8) is 0 Å². The second-order valence-corrected chi connectivity index (χ2v) is 12.8. The van der Waals surface area contributed by atoms with Crippen molar-refractivity contribution in [2.75, 3.05) is 25.2 Å². The van der Waals surface area contributed by atoms with E-state index in [9.17, 15) is 13.2 Å². The Morgan fingerprint density at radius 1 is 1.26 bits per heavy atom. The summed E-state index contributed by atoms with van der Waals surface area (Å²) >= 11 is 3.03. The van der Waals surface area contributed by atoms with Crippen LogP contribution < -0.4 is 5.32 Å². The first kappa shape index (κ1) is 23.2. The van der Waals surface area contributed by atoms with Crippen molar-refractivity contribution in [1.29, 1.82) is 0 Å². The predicted molar refractivity (Wildman–Crippen MR) is 134 cm³/mol. The van der Waals surface area contributed by atoms with Crippen LogP contribution in [-0.2, 0) is 27.7 Å². The van der Waals surface area contributed by atoms with E-state index in [-0.39, 0.29) is 16.6 Å². The quantitative estimate of drug-likeness (QED) is 0.391. The molecular formula is C22H24N6O3S3. The van der Waals surface area contributed by atoms with Gasteiger partial charge in [-0.15, -0.1) is 21.5 Å². The van der Waals surface area contributed by atoms with E-state index in [1.54, 1.807) is 29.8 Å². The minimum atomic E-state index is -3.51. The van der Waals surface area contributed by atoms with Crippen LogP contribution in [0.5, 0.6) is 0 Å². The molecule has 4 aromatic rings. The first-order valence-electron chi connectivity index (χ1n) is 10.8. The third kappa shape index (κ3) is 4.19. The Labute approximate surface area is 205 Å². The van der Waals surface area contributed by atoms with Crippen molar-refractivity contribution in [3.8, 4) is 0 Å². The van der Waals surface area contributed by atoms with Gasteiger partial charge in [-0.05, 0) is 55.0 Å². The van der Waals surface area contributed by atoms with Crippen molar-refractivity contribution < 1.29 is 13.2 Å². The summed E-state index contributed by atoms with van der Waals surface area (Å²) in [4.78, 5) is 19.7. The predicted octanol–water partition coefficient (Wildman–Crippen LogP) is 3.44. The highest BCUT2D eigenvalue weighted by molar-refractivity contribution is 7.99. The Morgan fingerprint density at radius 2 is 2.03 bits per heavy atom. The molecule has 3 heterocycles. The molecule has 178 valence electrons. The highest BCUT2D eigenvalue weighted by Gasteiger charge is 2.24. The molecule has 0 saturated heterocycles. The Kier molecular flexibility index (Phi) is 6.09. The molecule has 34 heavy (non-hydrogen) atoms. The Bertz CT molecular complexity index is 1490. The number of aryl methyl sites for hydroxylation is 1. The Morgan fingerprint density at radius 3 is 2.76 bits per heavy atom. The standard InChI is InChI=1S/C22H24N6O3S3/c1-13-4-9-16-17(10-13)33-21-19(16)20-25-26-22(28(20)12-23-21)32-11-18(29)24-14-5-7-15(8-6-14)34(30,31)27(2)3/h5-8,12-13H,4,9-11H2,1-3H3,(H,24,29)/t13-/m0/s1. The monoisotopic (exact) mass is 516 g/mol. The number of anilines is 1. The maximum atomic E-state index is 12.5. The lowest BCUT2D eigenvalue weighted by Crippen LogP contribution is -2.22. The second-order valence-electron chi connectivity index (χ2n) is 8.60. The van der Waals surface area contributed by atoms with Gasteiger partial charge in [-0.25, -0.2) is 17.7 Å². The van der Waals surface area contributed by atoms with Gasteiger partial charge in [-0.1, -0.05) is 18.7 Å². The summed E-state index contributed by atoms with van der Waals surface area (Å²) in [6.07, 6.45) is 5.01. The van der Waals surface area contributed by atoms with Gasteiger partial charge < -0.3 is 5.32 Å². The molecule has 1 N–H and O–H groups in total. The molecule has 5 rings (SSSR count). The Hall–Kier alpha value is -2.54. The minimum absolute atomic E-state index is 0.135. The van der Waals surface area contributed by atoms with E-state index in [2.05, 4.69) is 27.4 Å². The molecule has 1 aromatic carbocycles. The molecule has 12 heteroatoms. The minimum Gasteiger partial charge on any atom is -0.325 e. The van der Waals surface area contributed by atoms with Crippen LogP contribution in [0.2, 0.25) is 0 Å². The second kappa shape index (κ2) is 8.91. The largest absolute Gasteiger partial charge is 0.325 e. The molecular weight excluding hydrogens is 492 g/mol. The first-order chi connectivity index (χ1) is 16.2. The summed E-state index contributed by atoms with van der Waals surface area (Å²) in [5.74, 6) is 0.601. The van der Waals surface area contributed by atoms with Crippen LogP contribution in [0, 0.1) is 5.92 Å². The maximum absolute atomic E-state index is 12.5. The highest BCUT2D eigenvalue weighted by atomic mass is 32.2. The van der Waals surface area contributed by atoms with Gasteiger partial charge in [0, 0.05) is 24.7 Å². The van der Waals surface area contributed by atoms with Gasteiger partial charge >= 0.3 is 0 Å². The number of sulfonamides is 1. The lowest BCUT2D eigenvalue weighted by atomic mass is 9.89. The van der Waals surface area contributed by atoms with E-state index >= 15 is 0 Å². The van der Waals surface area contributed by atoms with Gasteiger partial charge in [0.05, 0.1) is 16.0 Å². The topological polar surface area (TPSA) is 110 Å². The summed E-state index contributed by atoms with van der Waals surface area (Å²) in [5.41, 5.74) is 2.66. The molecule has 1 amide bonds. The molecule has 0 spiro atoms. The van der Waals surface area contributed by atoms with Crippen molar-refractivity contribution in [3.05, 3.63) is 41.0 Å². The number of aromatic nitrogens is 4. The summed E-state index contributed by atoms with van der Waals surface area (Å²) in [5, 5.41) is 13.2. The molecule has 0 bridgehead atoms. The SMILES string of the molecule is C[C@H]1CCc2c(sc3ncn4c(SCC(=O)Nc5ccc(S(=O)(=O)N(C)C)cc5)nnc4c23)C1. The number of carbonyl (C=O) groups is 1. The zero-order chi connectivity index (χ0) is 24.0. The fraction of sp³-hybridized carbons (Fsp3) is 0.364. The van der Waals surface area contributed by atoms with Crippen LogP contribution in [0.1, 0.15) is 23.8 Å². The number of benzene rings is 1. The van der Waals surface area contributed by atoms with E-state index in [4.69, 9.17) is 0 Å². The van der Waals surface area contributed by atoms with E-state index in [0.717, 1.165) is 39.4 Å². The zero-order valence-corrected chi connectivity index (χ0v) is 21.4. The van der Waals surface area contributed by atoms with Crippen LogP contribution in [0.3, 0.4) is 0 Å². The van der Waals surface area contributed by atoms with E-state index in [1.807, 2.05) is 4.40 Å². The molecule has 0 fully saturated rings. The van der Waals surface area contributed by atoms with Gasteiger partial charge in [0.1, 0.15) is 11.2 Å². The van der Waals surface area contributed by atoms with Crippen LogP contribution in [0.25, 0.3) is 15.9 Å². The van der Waals surface area contributed by atoms with Crippen LogP contribution in [0.15, 0.2) is 40.6 Å². The molecule has 3 aromatic heterocycles. The third-order valence-electron chi connectivity index (χ3n) is 5.92. The number of nitrogens with zero attached hydrogens (tertiary/aromatic N) is 5. The van der Waals surface area contributed by atoms with Crippen molar-refractivity contribution in [1.82, 2.24) is 23.9 Å². The number of thiophene rings is 1. The van der Waals surface area contributed by atoms with E-state index in [1.165, 1.54) is 48.4 Å². The number of carbonyl (C=O) groups excluding carboxylic acids is 1. The normalized spacial score (nSPS) is 16.3. The van der Waals surface area contributed by atoms with Crippen LogP contribution in [0.4, 0.5) is 5.69 Å². The molecule has 0 unspecified atom stereocenters. The Balaban J connectivity index is 1.30. The summed E-state index contributed by atoms with van der Waals surface area (Å²) in [7, 11) is -0.556. The average molecular weight is 517 g/mol.